The van der Waals surface area contributed by atoms with Gasteiger partial charge in [-0.1, -0.05) is 44.6 Å². The molecule has 116 valence electrons. The maximum Gasteiger partial charge on any atom is 0.105 e. The lowest BCUT2D eigenvalue weighted by atomic mass is 10.0. The van der Waals surface area contributed by atoms with E-state index in [2.05, 4.69) is 49.8 Å². The Bertz CT molecular complexity index is 312. The van der Waals surface area contributed by atoms with Gasteiger partial charge in [-0.2, -0.15) is 0 Å². The summed E-state index contributed by atoms with van der Waals surface area (Å²) in [6.45, 7) is 13.4. The van der Waals surface area contributed by atoms with Gasteiger partial charge in [0.05, 0.1) is 5.84 Å². The molecule has 20 heavy (non-hydrogen) atoms. The Labute approximate surface area is 125 Å². The second-order valence-corrected chi connectivity index (χ2v) is 5.68. The molecule has 0 aliphatic heterocycles. The molecule has 0 bridgehead atoms. The maximum absolute atomic E-state index is 5.70. The van der Waals surface area contributed by atoms with Gasteiger partial charge in [-0.3, -0.25) is 10.3 Å². The molecule has 0 saturated carbocycles. The molecule has 3 heteroatoms. The molecule has 0 aliphatic rings. The Morgan fingerprint density at radius 3 is 2.55 bits per heavy atom. The molecule has 1 unspecified atom stereocenters. The van der Waals surface area contributed by atoms with Gasteiger partial charge < -0.3 is 5.73 Å². The molecule has 3 nitrogen and oxygen atoms in total. The van der Waals surface area contributed by atoms with Crippen LogP contribution in [0, 0.1) is 5.92 Å². The molecule has 0 spiro atoms. The van der Waals surface area contributed by atoms with Crippen LogP contribution in [0.4, 0.5) is 0 Å². The highest BCUT2D eigenvalue weighted by molar-refractivity contribution is 5.77. The van der Waals surface area contributed by atoms with Gasteiger partial charge in [0, 0.05) is 6.42 Å². The van der Waals surface area contributed by atoms with Crippen molar-refractivity contribution in [3.63, 3.8) is 0 Å². The van der Waals surface area contributed by atoms with Crippen molar-refractivity contribution in [1.29, 1.82) is 0 Å². The van der Waals surface area contributed by atoms with Crippen LogP contribution in [-0.2, 0) is 0 Å². The van der Waals surface area contributed by atoms with Crippen molar-refractivity contribution in [3.8, 4) is 0 Å². The highest BCUT2D eigenvalue weighted by atomic mass is 15.1. The van der Waals surface area contributed by atoms with Crippen molar-refractivity contribution in [2.45, 2.75) is 66.0 Å². The van der Waals surface area contributed by atoms with Crippen LogP contribution < -0.4 is 11.1 Å². The summed E-state index contributed by atoms with van der Waals surface area (Å²) < 4.78 is 0. The summed E-state index contributed by atoms with van der Waals surface area (Å²) in [5.74, 6) is 1.13. The highest BCUT2D eigenvalue weighted by Crippen LogP contribution is 2.14. The summed E-state index contributed by atoms with van der Waals surface area (Å²) >= 11 is 0. The minimum atomic E-state index is 0.0745. The quantitative estimate of drug-likeness (QED) is 0.260. The largest absolute Gasteiger partial charge is 0.388 e. The molecule has 1 atom stereocenters. The second kappa shape index (κ2) is 11.7. The highest BCUT2D eigenvalue weighted by Gasteiger charge is 2.10. The molecule has 3 N–H and O–H groups in total. The first-order valence-corrected chi connectivity index (χ1v) is 7.79. The molecule has 0 fully saturated rings. The summed E-state index contributed by atoms with van der Waals surface area (Å²) in [6, 6.07) is 0. The van der Waals surface area contributed by atoms with E-state index in [0.29, 0.717) is 11.8 Å². The lowest BCUT2D eigenvalue weighted by Gasteiger charge is -2.18. The van der Waals surface area contributed by atoms with Crippen LogP contribution in [0.2, 0.25) is 0 Å². The number of nitrogens with one attached hydrogen (secondary N) is 1. The summed E-state index contributed by atoms with van der Waals surface area (Å²) in [7, 11) is 0. The van der Waals surface area contributed by atoms with E-state index in [4.69, 9.17) is 5.73 Å². The zero-order valence-corrected chi connectivity index (χ0v) is 13.8. The van der Waals surface area contributed by atoms with Crippen molar-refractivity contribution >= 4 is 5.84 Å². The predicted molar refractivity (Wildman–Crippen MR) is 91.0 cm³/mol. The number of allylic oxidation sites excluding steroid dienone is 2. The zero-order valence-electron chi connectivity index (χ0n) is 13.8. The van der Waals surface area contributed by atoms with E-state index < -0.39 is 0 Å². The number of amidine groups is 1. The van der Waals surface area contributed by atoms with E-state index in [9.17, 15) is 0 Å². The van der Waals surface area contributed by atoms with E-state index in [-0.39, 0.29) is 6.17 Å². The fraction of sp³-hybridized carbons (Fsp3) is 0.706. The monoisotopic (exact) mass is 279 g/mol. The summed E-state index contributed by atoms with van der Waals surface area (Å²) in [5, 5.41) is 3.48. The van der Waals surface area contributed by atoms with Gasteiger partial charge in [0.15, 0.2) is 0 Å². The number of rotatable bonds is 11. The summed E-state index contributed by atoms with van der Waals surface area (Å²) in [6.07, 6.45) is 10.2. The van der Waals surface area contributed by atoms with Crippen LogP contribution in [-0.4, -0.2) is 18.5 Å². The fourth-order valence-corrected chi connectivity index (χ4v) is 1.89. The van der Waals surface area contributed by atoms with Gasteiger partial charge in [0.2, 0.25) is 0 Å². The number of nitrogens with two attached hydrogens (primary N) is 1. The van der Waals surface area contributed by atoms with Crippen LogP contribution in [0.1, 0.15) is 59.8 Å². The molecule has 0 amide bonds. The van der Waals surface area contributed by atoms with E-state index >= 15 is 0 Å². The Balaban J connectivity index is 3.99. The number of nitrogens with zero attached hydrogens (tertiary/aromatic N) is 1. The van der Waals surface area contributed by atoms with Crippen LogP contribution in [0.3, 0.4) is 0 Å². The van der Waals surface area contributed by atoms with Gasteiger partial charge in [0.1, 0.15) is 6.17 Å². The third kappa shape index (κ3) is 10.8. The van der Waals surface area contributed by atoms with Gasteiger partial charge in [0.25, 0.3) is 0 Å². The van der Waals surface area contributed by atoms with E-state index in [0.717, 1.165) is 13.0 Å². The maximum atomic E-state index is 5.70. The van der Waals surface area contributed by atoms with Gasteiger partial charge in [-0.25, -0.2) is 0 Å². The smallest absolute Gasteiger partial charge is 0.105 e. The number of hydrogen-bond acceptors (Lipinski definition) is 2. The van der Waals surface area contributed by atoms with Crippen LogP contribution in [0.15, 0.2) is 29.3 Å². The third-order valence-electron chi connectivity index (χ3n) is 3.29. The van der Waals surface area contributed by atoms with Gasteiger partial charge in [-0.15, -0.1) is 0 Å². The topological polar surface area (TPSA) is 50.4 Å². The minimum absolute atomic E-state index is 0.0745. The van der Waals surface area contributed by atoms with Crippen LogP contribution in [0.25, 0.3) is 0 Å². The van der Waals surface area contributed by atoms with Gasteiger partial charge >= 0.3 is 0 Å². The van der Waals surface area contributed by atoms with Crippen molar-refractivity contribution in [1.82, 2.24) is 5.32 Å². The molecule has 0 rings (SSSR count). The first-order chi connectivity index (χ1) is 9.47. The average molecular weight is 279 g/mol. The minimum Gasteiger partial charge on any atom is -0.388 e. The molecule has 0 radical (unpaired) electrons. The van der Waals surface area contributed by atoms with Crippen molar-refractivity contribution in [2.75, 3.05) is 6.54 Å². The summed E-state index contributed by atoms with van der Waals surface area (Å²) in [4.78, 5) is 4.46. The van der Waals surface area contributed by atoms with E-state index in [1.165, 1.54) is 31.3 Å². The van der Waals surface area contributed by atoms with E-state index in [1.54, 1.807) is 0 Å². The molecule has 0 aromatic rings. The van der Waals surface area contributed by atoms with E-state index in [1.807, 2.05) is 6.92 Å². The van der Waals surface area contributed by atoms with Crippen LogP contribution in [0.5, 0.6) is 0 Å². The standard InChI is InChI=1S/C17H33N3/c1-6-7-8-9-10-11-12-19-17(20-16(5)18)13-15(4)14(2)3/h6-7,14,17,19H,4,8-13H2,1-3,5H3,(H2,18,20)/b7-6-. The Hall–Kier alpha value is -1.09. The van der Waals surface area contributed by atoms with Crippen LogP contribution >= 0.6 is 0 Å². The normalized spacial score (nSPS) is 14.2. The molecular formula is C17H33N3. The molecule has 0 heterocycles. The average Bonchev–Trinajstić information content (AvgIpc) is 2.36. The summed E-state index contributed by atoms with van der Waals surface area (Å²) in [5.41, 5.74) is 6.93. The first kappa shape index (κ1) is 18.9. The van der Waals surface area contributed by atoms with Crippen molar-refractivity contribution in [2.24, 2.45) is 16.6 Å². The lowest BCUT2D eigenvalue weighted by Crippen LogP contribution is -2.31. The molecule has 0 aromatic heterocycles. The zero-order chi connectivity index (χ0) is 15.4. The number of unbranched alkanes of at least 4 members (excludes halogenated alkanes) is 3. The Kier molecular flexibility index (Phi) is 11.1. The third-order valence-corrected chi connectivity index (χ3v) is 3.29. The Morgan fingerprint density at radius 2 is 2.00 bits per heavy atom. The Morgan fingerprint density at radius 1 is 1.30 bits per heavy atom. The number of hydrogen-bond donors (Lipinski definition) is 2. The second-order valence-electron chi connectivity index (χ2n) is 5.68. The first-order valence-electron chi connectivity index (χ1n) is 7.79. The predicted octanol–water partition coefficient (Wildman–Crippen LogP) is 4.02. The molecule has 0 saturated heterocycles. The molecule has 0 aromatic carbocycles. The molecular weight excluding hydrogens is 246 g/mol. The molecule has 0 aliphatic carbocycles. The van der Waals surface area contributed by atoms with Gasteiger partial charge in [-0.05, 0) is 45.6 Å². The number of aliphatic imine (C=N–C) groups is 1. The SMILES string of the molecule is C=C(CC(N=C(C)N)NCCCCC/C=C\C)C(C)C. The fourth-order valence-electron chi connectivity index (χ4n) is 1.89. The van der Waals surface area contributed by atoms with Crippen molar-refractivity contribution < 1.29 is 0 Å². The van der Waals surface area contributed by atoms with Crippen molar-refractivity contribution in [3.05, 3.63) is 24.3 Å². The lowest BCUT2D eigenvalue weighted by molar-refractivity contribution is 0.490.